The van der Waals surface area contributed by atoms with Crippen molar-refractivity contribution in [3.05, 3.63) is 28.2 Å². The van der Waals surface area contributed by atoms with Gasteiger partial charge in [0, 0.05) is 28.8 Å². The zero-order chi connectivity index (χ0) is 14.0. The normalized spacial score (nSPS) is 23.5. The average Bonchev–Trinajstić information content (AvgIpc) is 2.37. The van der Waals surface area contributed by atoms with Gasteiger partial charge in [-0.1, -0.05) is 15.9 Å². The van der Waals surface area contributed by atoms with Gasteiger partial charge in [-0.2, -0.15) is 0 Å². The van der Waals surface area contributed by atoms with Gasteiger partial charge in [0.05, 0.1) is 18.8 Å². The molecule has 1 aromatic rings. The second-order valence-electron chi connectivity index (χ2n) is 4.87. The molecule has 1 fully saturated rings. The molecule has 1 N–H and O–H groups in total. The number of carbonyl (C=O) groups is 1. The topological polar surface area (TPSA) is 49.8 Å². The molecule has 2 atom stereocenters. The number of ether oxygens (including phenoxy) is 1. The first-order valence-corrected chi connectivity index (χ1v) is 7.12. The molecule has 1 aromatic carbocycles. The molecular weight excluding hydrogens is 310 g/mol. The number of morpholine rings is 1. The molecule has 0 amide bonds. The van der Waals surface area contributed by atoms with Gasteiger partial charge >= 0.3 is 0 Å². The van der Waals surface area contributed by atoms with Crippen LogP contribution in [0.3, 0.4) is 0 Å². The molecule has 2 rings (SSSR count). The quantitative estimate of drug-likeness (QED) is 0.865. The number of anilines is 1. The number of ketones is 1. The highest BCUT2D eigenvalue weighted by atomic mass is 79.9. The first-order chi connectivity index (χ1) is 9.01. The number of nitrogens with zero attached hydrogens (tertiary/aromatic N) is 1. The van der Waals surface area contributed by atoms with Crippen molar-refractivity contribution in [2.45, 2.75) is 26.1 Å². The molecule has 0 aliphatic carbocycles. The average molecular weight is 328 g/mol. The van der Waals surface area contributed by atoms with Crippen molar-refractivity contribution >= 4 is 27.4 Å². The SMILES string of the molecule is CC(=O)c1ccc(Br)cc1N1CC(C)OC(CO)C1. The van der Waals surface area contributed by atoms with Crippen LogP contribution in [0.5, 0.6) is 0 Å². The fourth-order valence-electron chi connectivity index (χ4n) is 2.41. The summed E-state index contributed by atoms with van der Waals surface area (Å²) < 4.78 is 6.57. The molecule has 4 nitrogen and oxygen atoms in total. The molecule has 1 aliphatic heterocycles. The Morgan fingerprint density at radius 3 is 2.89 bits per heavy atom. The summed E-state index contributed by atoms with van der Waals surface area (Å²) in [5, 5.41) is 9.28. The van der Waals surface area contributed by atoms with Crippen molar-refractivity contribution < 1.29 is 14.6 Å². The van der Waals surface area contributed by atoms with E-state index >= 15 is 0 Å². The Hall–Kier alpha value is -0.910. The first kappa shape index (κ1) is 14.5. The fraction of sp³-hybridized carbons (Fsp3) is 0.500. The first-order valence-electron chi connectivity index (χ1n) is 6.33. The van der Waals surface area contributed by atoms with E-state index in [2.05, 4.69) is 20.8 Å². The number of hydrogen-bond acceptors (Lipinski definition) is 4. The van der Waals surface area contributed by atoms with Gasteiger partial charge in [0.15, 0.2) is 5.78 Å². The van der Waals surface area contributed by atoms with Crippen molar-refractivity contribution in [2.24, 2.45) is 0 Å². The lowest BCUT2D eigenvalue weighted by atomic mass is 10.1. The molecule has 0 bridgehead atoms. The van der Waals surface area contributed by atoms with Crippen LogP contribution >= 0.6 is 15.9 Å². The summed E-state index contributed by atoms with van der Waals surface area (Å²) in [5.74, 6) is 0.0437. The standard InChI is InChI=1S/C14H18BrNO3/c1-9-6-16(7-12(8-17)19-9)14-5-11(15)3-4-13(14)10(2)18/h3-5,9,12,17H,6-8H2,1-2H3. The van der Waals surface area contributed by atoms with Crippen LogP contribution in [0.25, 0.3) is 0 Å². The number of halogens is 1. The molecule has 0 spiro atoms. The summed E-state index contributed by atoms with van der Waals surface area (Å²) >= 11 is 3.44. The summed E-state index contributed by atoms with van der Waals surface area (Å²) in [6.07, 6.45) is -0.174. The lowest BCUT2D eigenvalue weighted by molar-refractivity contribution is -0.0421. The van der Waals surface area contributed by atoms with E-state index in [1.54, 1.807) is 6.92 Å². The Balaban J connectivity index is 2.34. The van der Waals surface area contributed by atoms with Gasteiger partial charge in [-0.3, -0.25) is 4.79 Å². The monoisotopic (exact) mass is 327 g/mol. The highest BCUT2D eigenvalue weighted by Crippen LogP contribution is 2.28. The molecule has 0 radical (unpaired) electrons. The van der Waals surface area contributed by atoms with Gasteiger partial charge in [-0.05, 0) is 32.0 Å². The van der Waals surface area contributed by atoms with Crippen molar-refractivity contribution in [1.29, 1.82) is 0 Å². The molecule has 104 valence electrons. The smallest absolute Gasteiger partial charge is 0.161 e. The van der Waals surface area contributed by atoms with Crippen molar-refractivity contribution in [3.63, 3.8) is 0 Å². The maximum Gasteiger partial charge on any atom is 0.161 e. The minimum atomic E-state index is -0.206. The largest absolute Gasteiger partial charge is 0.394 e. The van der Waals surface area contributed by atoms with Crippen LogP contribution in [-0.4, -0.2) is 42.8 Å². The van der Waals surface area contributed by atoms with Crippen LogP contribution in [0.4, 0.5) is 5.69 Å². The maximum atomic E-state index is 11.7. The zero-order valence-electron chi connectivity index (χ0n) is 11.1. The number of aliphatic hydroxyl groups excluding tert-OH is 1. The Morgan fingerprint density at radius 1 is 1.53 bits per heavy atom. The molecule has 1 aliphatic rings. The zero-order valence-corrected chi connectivity index (χ0v) is 12.7. The molecule has 2 unspecified atom stereocenters. The van der Waals surface area contributed by atoms with Gasteiger partial charge in [0.2, 0.25) is 0 Å². The summed E-state index contributed by atoms with van der Waals surface area (Å²) in [6, 6.07) is 5.65. The third kappa shape index (κ3) is 3.35. The summed E-state index contributed by atoms with van der Waals surface area (Å²) in [7, 11) is 0. The predicted octanol–water partition coefficient (Wildman–Crippen LogP) is 2.24. The van der Waals surface area contributed by atoms with E-state index in [0.717, 1.165) is 10.2 Å². The molecule has 0 aromatic heterocycles. The second-order valence-corrected chi connectivity index (χ2v) is 5.79. The Morgan fingerprint density at radius 2 is 2.26 bits per heavy atom. The highest BCUT2D eigenvalue weighted by molar-refractivity contribution is 9.10. The molecule has 1 saturated heterocycles. The van der Waals surface area contributed by atoms with Gasteiger partial charge in [0.25, 0.3) is 0 Å². The van der Waals surface area contributed by atoms with E-state index in [1.165, 1.54) is 0 Å². The number of carbonyl (C=O) groups excluding carboxylic acids is 1. The van der Waals surface area contributed by atoms with Crippen molar-refractivity contribution in [3.8, 4) is 0 Å². The van der Waals surface area contributed by atoms with E-state index in [1.807, 2.05) is 25.1 Å². The van der Waals surface area contributed by atoms with Gasteiger partial charge in [-0.25, -0.2) is 0 Å². The van der Waals surface area contributed by atoms with Gasteiger partial charge in [0.1, 0.15) is 0 Å². The van der Waals surface area contributed by atoms with Crippen LogP contribution < -0.4 is 4.90 Å². The van der Waals surface area contributed by atoms with E-state index in [0.29, 0.717) is 18.7 Å². The number of Topliss-reactive ketones (excluding diaryl/α,β-unsaturated/α-hetero) is 1. The lowest BCUT2D eigenvalue weighted by Crippen LogP contribution is -2.48. The number of rotatable bonds is 3. The van der Waals surface area contributed by atoms with Crippen LogP contribution in [0.1, 0.15) is 24.2 Å². The van der Waals surface area contributed by atoms with E-state index in [4.69, 9.17) is 4.74 Å². The molecular formula is C14H18BrNO3. The van der Waals surface area contributed by atoms with Crippen LogP contribution in [-0.2, 0) is 4.74 Å². The van der Waals surface area contributed by atoms with Gasteiger partial charge < -0.3 is 14.7 Å². The fourth-order valence-corrected chi connectivity index (χ4v) is 2.76. The van der Waals surface area contributed by atoms with Crippen molar-refractivity contribution in [2.75, 3.05) is 24.6 Å². The summed E-state index contributed by atoms with van der Waals surface area (Å²) in [5.41, 5.74) is 1.60. The lowest BCUT2D eigenvalue weighted by Gasteiger charge is -2.38. The molecule has 0 saturated carbocycles. The summed E-state index contributed by atoms with van der Waals surface area (Å²) in [6.45, 7) is 4.84. The second kappa shape index (κ2) is 6.03. The van der Waals surface area contributed by atoms with Crippen LogP contribution in [0, 0.1) is 0 Å². The van der Waals surface area contributed by atoms with Gasteiger partial charge in [-0.15, -0.1) is 0 Å². The minimum Gasteiger partial charge on any atom is -0.394 e. The van der Waals surface area contributed by atoms with E-state index in [9.17, 15) is 9.90 Å². The summed E-state index contributed by atoms with van der Waals surface area (Å²) in [4.78, 5) is 13.8. The van der Waals surface area contributed by atoms with Crippen LogP contribution in [0.15, 0.2) is 22.7 Å². The van der Waals surface area contributed by atoms with E-state index in [-0.39, 0.29) is 24.6 Å². The highest BCUT2D eigenvalue weighted by Gasteiger charge is 2.26. The third-order valence-electron chi connectivity index (χ3n) is 3.21. The van der Waals surface area contributed by atoms with Crippen LogP contribution in [0.2, 0.25) is 0 Å². The minimum absolute atomic E-state index is 0.00967. The Kier molecular flexibility index (Phi) is 4.60. The number of aliphatic hydroxyl groups is 1. The Bertz CT molecular complexity index is 478. The molecule has 19 heavy (non-hydrogen) atoms. The molecule has 1 heterocycles. The molecule has 5 heteroatoms. The predicted molar refractivity (Wildman–Crippen MR) is 77.8 cm³/mol. The third-order valence-corrected chi connectivity index (χ3v) is 3.70. The Labute approximate surface area is 121 Å². The number of hydrogen-bond donors (Lipinski definition) is 1. The maximum absolute atomic E-state index is 11.7. The van der Waals surface area contributed by atoms with Crippen molar-refractivity contribution in [1.82, 2.24) is 0 Å². The number of benzene rings is 1. The van der Waals surface area contributed by atoms with E-state index < -0.39 is 0 Å².